The first-order valence-corrected chi connectivity index (χ1v) is 11.9. The number of carbonyl (C=O) groups is 1. The highest BCUT2D eigenvalue weighted by atomic mass is 32.2. The van der Waals surface area contributed by atoms with Crippen LogP contribution in [0.25, 0.3) is 17.1 Å². The predicted molar refractivity (Wildman–Crippen MR) is 126 cm³/mol. The predicted octanol–water partition coefficient (Wildman–Crippen LogP) is 5.02. The fourth-order valence-corrected chi connectivity index (χ4v) is 5.12. The molecule has 0 spiro atoms. The minimum atomic E-state index is -0.685. The van der Waals surface area contributed by atoms with Crippen LogP contribution in [-0.4, -0.2) is 43.9 Å². The summed E-state index contributed by atoms with van der Waals surface area (Å²) in [6.45, 7) is 2.05. The van der Waals surface area contributed by atoms with Gasteiger partial charge < -0.3 is 4.90 Å². The van der Waals surface area contributed by atoms with Crippen molar-refractivity contribution in [1.29, 1.82) is 5.26 Å². The number of amides is 1. The van der Waals surface area contributed by atoms with Crippen LogP contribution < -0.4 is 0 Å². The topological polar surface area (TPSA) is 74.8 Å². The Bertz CT molecular complexity index is 1130. The number of rotatable bonds is 6. The van der Waals surface area contributed by atoms with Crippen LogP contribution in [0.3, 0.4) is 0 Å². The number of aryl methyl sites for hydroxylation is 1. The summed E-state index contributed by atoms with van der Waals surface area (Å²) in [6.07, 6.45) is 4.59. The van der Waals surface area contributed by atoms with Crippen LogP contribution in [0.4, 0.5) is 0 Å². The summed E-state index contributed by atoms with van der Waals surface area (Å²) in [5.74, 6) is 0.886. The lowest BCUT2D eigenvalue weighted by molar-refractivity contribution is -0.131. The number of nitriles is 1. The summed E-state index contributed by atoms with van der Waals surface area (Å²) >= 11 is 1.36. The standard InChI is InChI=1S/C25H27N5OS/c1-19-10-9-13-21(16-19)30-23(20-11-5-3-6-12-20)27-28-24(30)32-17-22(31)29(2)25(18-26)14-7-4-8-15-25/h3,5-6,9-13,16H,4,7-8,14-15,17H2,1-2H3. The van der Waals surface area contributed by atoms with E-state index < -0.39 is 5.54 Å². The molecule has 1 heterocycles. The van der Waals surface area contributed by atoms with Crippen molar-refractivity contribution in [2.24, 2.45) is 0 Å². The highest BCUT2D eigenvalue weighted by Gasteiger charge is 2.38. The van der Waals surface area contributed by atoms with Gasteiger partial charge in [-0.1, -0.05) is 73.5 Å². The molecule has 0 radical (unpaired) electrons. The molecule has 1 aromatic heterocycles. The highest BCUT2D eigenvalue weighted by molar-refractivity contribution is 7.99. The summed E-state index contributed by atoms with van der Waals surface area (Å²) in [4.78, 5) is 14.7. The van der Waals surface area contributed by atoms with E-state index in [1.807, 2.05) is 60.0 Å². The SMILES string of the molecule is Cc1cccc(-n2c(SCC(=O)N(C)C3(C#N)CCCCC3)nnc2-c2ccccc2)c1. The highest BCUT2D eigenvalue weighted by Crippen LogP contribution is 2.34. The van der Waals surface area contributed by atoms with Gasteiger partial charge in [-0.25, -0.2) is 0 Å². The number of hydrogen-bond donors (Lipinski definition) is 0. The van der Waals surface area contributed by atoms with Crippen LogP contribution in [0.1, 0.15) is 37.7 Å². The molecule has 1 aliphatic carbocycles. The van der Waals surface area contributed by atoms with Gasteiger partial charge in [0.25, 0.3) is 0 Å². The van der Waals surface area contributed by atoms with Crippen LogP contribution in [-0.2, 0) is 4.79 Å². The molecule has 0 aliphatic heterocycles. The lowest BCUT2D eigenvalue weighted by atomic mass is 9.81. The second-order valence-corrected chi connectivity index (χ2v) is 9.23. The average Bonchev–Trinajstić information content (AvgIpc) is 3.27. The summed E-state index contributed by atoms with van der Waals surface area (Å²) in [7, 11) is 1.76. The van der Waals surface area contributed by atoms with Crippen molar-refractivity contribution in [3.8, 4) is 23.1 Å². The van der Waals surface area contributed by atoms with Crippen molar-refractivity contribution < 1.29 is 4.79 Å². The molecule has 1 amide bonds. The van der Waals surface area contributed by atoms with Gasteiger partial charge in [0.15, 0.2) is 11.0 Å². The number of nitrogens with zero attached hydrogens (tertiary/aromatic N) is 5. The zero-order chi connectivity index (χ0) is 22.6. The molecule has 0 atom stereocenters. The van der Waals surface area contributed by atoms with Gasteiger partial charge in [0.05, 0.1) is 11.8 Å². The van der Waals surface area contributed by atoms with E-state index in [2.05, 4.69) is 22.3 Å². The second-order valence-electron chi connectivity index (χ2n) is 8.29. The maximum atomic E-state index is 13.1. The smallest absolute Gasteiger partial charge is 0.234 e. The number of thioether (sulfide) groups is 1. The van der Waals surface area contributed by atoms with Crippen LogP contribution in [0, 0.1) is 18.3 Å². The normalized spacial score (nSPS) is 15.2. The Hall–Kier alpha value is -3.11. The third-order valence-corrected chi connectivity index (χ3v) is 7.07. The van der Waals surface area contributed by atoms with E-state index in [4.69, 9.17) is 0 Å². The van der Waals surface area contributed by atoms with Gasteiger partial charge in [-0.2, -0.15) is 5.26 Å². The molecule has 0 bridgehead atoms. The Balaban J connectivity index is 1.61. The lowest BCUT2D eigenvalue weighted by Gasteiger charge is -2.39. The van der Waals surface area contributed by atoms with Gasteiger partial charge in [0.1, 0.15) is 5.54 Å². The van der Waals surface area contributed by atoms with Gasteiger partial charge in [0.2, 0.25) is 5.91 Å². The van der Waals surface area contributed by atoms with Crippen molar-refractivity contribution in [2.45, 2.75) is 49.7 Å². The molecular formula is C25H27N5OS. The first kappa shape index (κ1) is 22.1. The van der Waals surface area contributed by atoms with Crippen molar-refractivity contribution in [1.82, 2.24) is 19.7 Å². The molecule has 3 aromatic rings. The van der Waals surface area contributed by atoms with Crippen LogP contribution in [0.2, 0.25) is 0 Å². The van der Waals surface area contributed by atoms with Gasteiger partial charge in [-0.05, 0) is 37.5 Å². The van der Waals surface area contributed by atoms with E-state index in [0.717, 1.165) is 54.7 Å². The molecule has 2 aromatic carbocycles. The lowest BCUT2D eigenvalue weighted by Crippen LogP contribution is -2.50. The third kappa shape index (κ3) is 4.42. The van der Waals surface area contributed by atoms with Crippen molar-refractivity contribution in [2.75, 3.05) is 12.8 Å². The van der Waals surface area contributed by atoms with Gasteiger partial charge in [-0.3, -0.25) is 9.36 Å². The number of carbonyl (C=O) groups excluding carboxylic acids is 1. The first-order valence-electron chi connectivity index (χ1n) is 10.9. The Morgan fingerprint density at radius 1 is 1.12 bits per heavy atom. The minimum absolute atomic E-state index is 0.0569. The Labute approximate surface area is 193 Å². The molecule has 0 N–H and O–H groups in total. The largest absolute Gasteiger partial charge is 0.326 e. The zero-order valence-corrected chi connectivity index (χ0v) is 19.3. The second kappa shape index (κ2) is 9.58. The van der Waals surface area contributed by atoms with Gasteiger partial charge >= 0.3 is 0 Å². The Morgan fingerprint density at radius 2 is 1.88 bits per heavy atom. The van der Waals surface area contributed by atoms with Crippen LogP contribution in [0.5, 0.6) is 0 Å². The fraction of sp³-hybridized carbons (Fsp3) is 0.360. The first-order chi connectivity index (χ1) is 15.5. The van der Waals surface area contributed by atoms with Crippen molar-refractivity contribution in [3.63, 3.8) is 0 Å². The fourth-order valence-electron chi connectivity index (χ4n) is 4.26. The summed E-state index contributed by atoms with van der Waals surface area (Å²) in [6, 6.07) is 20.5. The number of aromatic nitrogens is 3. The van der Waals surface area contributed by atoms with E-state index in [1.54, 1.807) is 11.9 Å². The summed E-state index contributed by atoms with van der Waals surface area (Å²) in [5.41, 5.74) is 2.37. The third-order valence-electron chi connectivity index (χ3n) is 6.15. The zero-order valence-electron chi connectivity index (χ0n) is 18.5. The molecular weight excluding hydrogens is 418 g/mol. The average molecular weight is 446 g/mol. The summed E-state index contributed by atoms with van der Waals surface area (Å²) in [5, 5.41) is 19.3. The van der Waals surface area contributed by atoms with Crippen molar-refractivity contribution in [3.05, 3.63) is 60.2 Å². The summed E-state index contributed by atoms with van der Waals surface area (Å²) < 4.78 is 2.00. The molecule has 0 saturated heterocycles. The van der Waals surface area contributed by atoms with Gasteiger partial charge in [0, 0.05) is 18.3 Å². The van der Waals surface area contributed by atoms with Gasteiger partial charge in [-0.15, -0.1) is 10.2 Å². The molecule has 0 unspecified atom stereocenters. The van der Waals surface area contributed by atoms with E-state index >= 15 is 0 Å². The number of hydrogen-bond acceptors (Lipinski definition) is 5. The molecule has 1 aliphatic rings. The molecule has 4 rings (SSSR count). The Morgan fingerprint density at radius 3 is 2.56 bits per heavy atom. The molecule has 164 valence electrons. The number of benzene rings is 2. The minimum Gasteiger partial charge on any atom is -0.326 e. The maximum absolute atomic E-state index is 13.1. The quantitative estimate of drug-likeness (QED) is 0.498. The van der Waals surface area contributed by atoms with E-state index in [9.17, 15) is 10.1 Å². The molecule has 32 heavy (non-hydrogen) atoms. The molecule has 1 saturated carbocycles. The van der Waals surface area contributed by atoms with E-state index in [-0.39, 0.29) is 11.7 Å². The maximum Gasteiger partial charge on any atom is 0.234 e. The molecule has 7 heteroatoms. The molecule has 1 fully saturated rings. The molecule has 6 nitrogen and oxygen atoms in total. The van der Waals surface area contributed by atoms with E-state index in [0.29, 0.717) is 5.16 Å². The Kier molecular flexibility index (Phi) is 6.61. The van der Waals surface area contributed by atoms with Crippen LogP contribution in [0.15, 0.2) is 59.8 Å². The monoisotopic (exact) mass is 445 g/mol. The van der Waals surface area contributed by atoms with E-state index in [1.165, 1.54) is 11.8 Å². The van der Waals surface area contributed by atoms with Crippen LogP contribution >= 0.6 is 11.8 Å². The van der Waals surface area contributed by atoms with Crippen molar-refractivity contribution >= 4 is 17.7 Å².